The summed E-state index contributed by atoms with van der Waals surface area (Å²) in [6.45, 7) is 10.5. The van der Waals surface area contributed by atoms with E-state index in [2.05, 4.69) is 88.0 Å². The average molecular weight is 312 g/mol. The molecule has 0 bridgehead atoms. The maximum Gasteiger partial charge on any atom is -0.00253 e. The lowest BCUT2D eigenvalue weighted by molar-refractivity contribution is 1.17. The van der Waals surface area contributed by atoms with Crippen LogP contribution in [0.3, 0.4) is 0 Å². The zero-order valence-electron chi connectivity index (χ0n) is 14.8. The molecule has 0 radical (unpaired) electrons. The molecular formula is C24H24. The molecule has 0 saturated heterocycles. The summed E-state index contributed by atoms with van der Waals surface area (Å²) in [6, 6.07) is 22.1. The van der Waals surface area contributed by atoms with E-state index in [1.54, 1.807) is 0 Å². The van der Waals surface area contributed by atoms with E-state index in [0.29, 0.717) is 0 Å². The summed E-state index contributed by atoms with van der Waals surface area (Å²) in [7, 11) is 0. The highest BCUT2D eigenvalue weighted by Gasteiger charge is 2.08. The lowest BCUT2D eigenvalue weighted by Gasteiger charge is -2.13. The smallest absolute Gasteiger partial charge is 0.00253 e. The van der Waals surface area contributed by atoms with Crippen LogP contribution < -0.4 is 0 Å². The molecule has 0 heteroatoms. The van der Waals surface area contributed by atoms with Crippen molar-refractivity contribution in [2.24, 2.45) is 0 Å². The standard InChI is InChI=1S/C24H24/c1-5-22-11-10-20(15-21-13-17(2)12-18(3)14-21)16-24(22)23-9-7-6-8-19(23)4/h5-14,16H,1,15H2,2-4H3. The van der Waals surface area contributed by atoms with Gasteiger partial charge in [-0.1, -0.05) is 84.4 Å². The van der Waals surface area contributed by atoms with Gasteiger partial charge in [-0.2, -0.15) is 0 Å². The Kier molecular flexibility index (Phi) is 4.66. The molecule has 0 saturated carbocycles. The van der Waals surface area contributed by atoms with Crippen LogP contribution in [0.2, 0.25) is 0 Å². The third kappa shape index (κ3) is 3.49. The summed E-state index contributed by atoms with van der Waals surface area (Å²) >= 11 is 0. The van der Waals surface area contributed by atoms with Crippen molar-refractivity contribution in [3.63, 3.8) is 0 Å². The third-order valence-corrected chi connectivity index (χ3v) is 4.46. The normalized spacial score (nSPS) is 10.6. The first-order chi connectivity index (χ1) is 11.6. The Morgan fingerprint density at radius 1 is 0.750 bits per heavy atom. The van der Waals surface area contributed by atoms with Crippen LogP contribution in [0, 0.1) is 20.8 Å². The molecule has 0 fully saturated rings. The van der Waals surface area contributed by atoms with Crippen LogP contribution in [0.4, 0.5) is 0 Å². The molecule has 0 aliphatic rings. The van der Waals surface area contributed by atoms with Crippen molar-refractivity contribution < 1.29 is 0 Å². The molecule has 0 nitrogen and oxygen atoms in total. The molecule has 0 spiro atoms. The second-order valence-corrected chi connectivity index (χ2v) is 6.61. The van der Waals surface area contributed by atoms with Gasteiger partial charge in [0.15, 0.2) is 0 Å². The third-order valence-electron chi connectivity index (χ3n) is 4.46. The van der Waals surface area contributed by atoms with Gasteiger partial charge in [0, 0.05) is 0 Å². The number of benzene rings is 3. The van der Waals surface area contributed by atoms with E-state index in [1.165, 1.54) is 44.5 Å². The summed E-state index contributed by atoms with van der Waals surface area (Å²) < 4.78 is 0. The molecule has 0 heterocycles. The fourth-order valence-electron chi connectivity index (χ4n) is 3.41. The maximum atomic E-state index is 3.98. The van der Waals surface area contributed by atoms with Crippen molar-refractivity contribution in [2.75, 3.05) is 0 Å². The SMILES string of the molecule is C=Cc1ccc(Cc2cc(C)cc(C)c2)cc1-c1ccccc1C. The predicted molar refractivity (Wildman–Crippen MR) is 105 cm³/mol. The van der Waals surface area contributed by atoms with Crippen molar-refractivity contribution in [3.8, 4) is 11.1 Å². The summed E-state index contributed by atoms with van der Waals surface area (Å²) in [5.41, 5.74) is 10.4. The maximum absolute atomic E-state index is 3.98. The second-order valence-electron chi connectivity index (χ2n) is 6.61. The van der Waals surface area contributed by atoms with Gasteiger partial charge in [0.25, 0.3) is 0 Å². The Morgan fingerprint density at radius 3 is 2.12 bits per heavy atom. The molecule has 24 heavy (non-hydrogen) atoms. The van der Waals surface area contributed by atoms with Gasteiger partial charge in [0.05, 0.1) is 0 Å². The van der Waals surface area contributed by atoms with E-state index in [9.17, 15) is 0 Å². The quantitative estimate of drug-likeness (QED) is 0.515. The van der Waals surface area contributed by atoms with Crippen LogP contribution in [-0.2, 0) is 6.42 Å². The first-order valence-corrected chi connectivity index (χ1v) is 8.45. The predicted octanol–water partition coefficient (Wildman–Crippen LogP) is 6.51. The Balaban J connectivity index is 2.03. The highest BCUT2D eigenvalue weighted by atomic mass is 14.1. The van der Waals surface area contributed by atoms with E-state index < -0.39 is 0 Å². The van der Waals surface area contributed by atoms with Gasteiger partial charge in [-0.05, 0) is 60.6 Å². The topological polar surface area (TPSA) is 0 Å². The van der Waals surface area contributed by atoms with E-state index >= 15 is 0 Å². The van der Waals surface area contributed by atoms with Crippen LogP contribution in [0.5, 0.6) is 0 Å². The molecule has 3 aromatic rings. The zero-order valence-corrected chi connectivity index (χ0v) is 14.8. The molecule has 0 aromatic heterocycles. The number of aryl methyl sites for hydroxylation is 3. The highest BCUT2D eigenvalue weighted by Crippen LogP contribution is 2.29. The minimum absolute atomic E-state index is 0.957. The monoisotopic (exact) mass is 312 g/mol. The fourth-order valence-corrected chi connectivity index (χ4v) is 3.41. The average Bonchev–Trinajstić information content (AvgIpc) is 2.54. The molecule has 0 aliphatic carbocycles. The van der Waals surface area contributed by atoms with Crippen molar-refractivity contribution in [3.05, 3.63) is 101 Å². The molecule has 0 unspecified atom stereocenters. The molecule has 3 aromatic carbocycles. The zero-order chi connectivity index (χ0) is 17.1. The van der Waals surface area contributed by atoms with Gasteiger partial charge >= 0.3 is 0 Å². The van der Waals surface area contributed by atoms with Crippen molar-refractivity contribution >= 4 is 6.08 Å². The molecule has 120 valence electrons. The second kappa shape index (κ2) is 6.88. The van der Waals surface area contributed by atoms with Crippen LogP contribution in [0.25, 0.3) is 17.2 Å². The number of hydrogen-bond donors (Lipinski definition) is 0. The summed E-state index contributed by atoms with van der Waals surface area (Å²) in [6.07, 6.45) is 2.90. The van der Waals surface area contributed by atoms with Crippen LogP contribution in [0.15, 0.2) is 67.2 Å². The Hall–Kier alpha value is -2.60. The van der Waals surface area contributed by atoms with Crippen LogP contribution >= 0.6 is 0 Å². The van der Waals surface area contributed by atoms with Gasteiger partial charge in [0.2, 0.25) is 0 Å². The summed E-state index contributed by atoms with van der Waals surface area (Å²) in [4.78, 5) is 0. The summed E-state index contributed by atoms with van der Waals surface area (Å²) in [5.74, 6) is 0. The van der Waals surface area contributed by atoms with Crippen LogP contribution in [-0.4, -0.2) is 0 Å². The van der Waals surface area contributed by atoms with Crippen molar-refractivity contribution in [2.45, 2.75) is 27.2 Å². The van der Waals surface area contributed by atoms with E-state index in [0.717, 1.165) is 6.42 Å². The summed E-state index contributed by atoms with van der Waals surface area (Å²) in [5, 5.41) is 0. The Bertz CT molecular complexity index is 864. The van der Waals surface area contributed by atoms with Gasteiger partial charge in [0.1, 0.15) is 0 Å². The molecule has 0 aliphatic heterocycles. The minimum Gasteiger partial charge on any atom is -0.0984 e. The van der Waals surface area contributed by atoms with Crippen molar-refractivity contribution in [1.82, 2.24) is 0 Å². The largest absolute Gasteiger partial charge is 0.0984 e. The van der Waals surface area contributed by atoms with E-state index in [4.69, 9.17) is 0 Å². The molecular weight excluding hydrogens is 288 g/mol. The van der Waals surface area contributed by atoms with Gasteiger partial charge in [-0.15, -0.1) is 0 Å². The first kappa shape index (κ1) is 16.3. The minimum atomic E-state index is 0.957. The van der Waals surface area contributed by atoms with Gasteiger partial charge in [-0.25, -0.2) is 0 Å². The van der Waals surface area contributed by atoms with Crippen molar-refractivity contribution in [1.29, 1.82) is 0 Å². The molecule has 0 amide bonds. The fraction of sp³-hybridized carbons (Fsp3) is 0.167. The van der Waals surface area contributed by atoms with Gasteiger partial charge < -0.3 is 0 Å². The van der Waals surface area contributed by atoms with Gasteiger partial charge in [-0.3, -0.25) is 0 Å². The first-order valence-electron chi connectivity index (χ1n) is 8.45. The van der Waals surface area contributed by atoms with Crippen LogP contribution in [0.1, 0.15) is 33.4 Å². The lowest BCUT2D eigenvalue weighted by Crippen LogP contribution is -1.94. The highest BCUT2D eigenvalue weighted by molar-refractivity contribution is 5.77. The number of hydrogen-bond acceptors (Lipinski definition) is 0. The lowest BCUT2D eigenvalue weighted by atomic mass is 9.92. The molecule has 0 atom stereocenters. The Labute approximate surface area is 145 Å². The van der Waals surface area contributed by atoms with E-state index in [1.807, 2.05) is 6.08 Å². The molecule has 3 rings (SSSR count). The number of rotatable bonds is 4. The molecule has 0 N–H and O–H groups in total. The van der Waals surface area contributed by atoms with E-state index in [-0.39, 0.29) is 0 Å². The Morgan fingerprint density at radius 2 is 1.46 bits per heavy atom.